The van der Waals surface area contributed by atoms with Crippen molar-refractivity contribution in [2.24, 2.45) is 0 Å². The molecule has 0 aromatic carbocycles. The Morgan fingerprint density at radius 1 is 1.27 bits per heavy atom. The van der Waals surface area contributed by atoms with Crippen LogP contribution in [0.1, 0.15) is 53.0 Å². The van der Waals surface area contributed by atoms with Crippen molar-refractivity contribution >= 4 is 28.8 Å². The lowest BCUT2D eigenvalue weighted by molar-refractivity contribution is 0.0643. The average molecular weight is 390 g/mol. The summed E-state index contributed by atoms with van der Waals surface area (Å²) >= 11 is 2.22. The molecule has 5 rings (SSSR count). The number of hydrogen-bond acceptors (Lipinski definition) is 7. The quantitative estimate of drug-likeness (QED) is 0.687. The number of carbonyl (C=O) groups is 1. The Balaban J connectivity index is 1.43. The molecule has 1 amide bonds. The van der Waals surface area contributed by atoms with Crippen LogP contribution in [0.25, 0.3) is 10.8 Å². The van der Waals surface area contributed by atoms with Crippen LogP contribution in [0.3, 0.4) is 0 Å². The van der Waals surface area contributed by atoms with Crippen LogP contribution in [0, 0.1) is 5.13 Å². The second-order valence-corrected chi connectivity index (χ2v) is 8.33. The second-order valence-electron chi connectivity index (χ2n) is 6.54. The van der Waals surface area contributed by atoms with Gasteiger partial charge in [0.05, 0.1) is 10.9 Å². The number of amides is 1. The van der Waals surface area contributed by atoms with Crippen molar-refractivity contribution in [3.8, 4) is 10.8 Å². The fourth-order valence-corrected chi connectivity index (χ4v) is 4.65. The normalized spacial score (nSPS) is 19.6. The van der Waals surface area contributed by atoms with Gasteiger partial charge in [-0.15, -0.1) is 21.5 Å². The zero-order valence-electron chi connectivity index (χ0n) is 13.9. The van der Waals surface area contributed by atoms with E-state index in [1.54, 1.807) is 4.90 Å². The van der Waals surface area contributed by atoms with Crippen LogP contribution < -0.4 is 0 Å². The number of nitrogens with zero attached hydrogens (tertiary/aromatic N) is 6. The molecule has 0 radical (unpaired) electrons. The first-order valence-electron chi connectivity index (χ1n) is 8.45. The summed E-state index contributed by atoms with van der Waals surface area (Å²) < 4.78 is 19.7. The van der Waals surface area contributed by atoms with Gasteiger partial charge < -0.3 is 9.47 Å². The highest BCUT2D eigenvalue weighted by atomic mass is 32.1. The van der Waals surface area contributed by atoms with Crippen molar-refractivity contribution in [2.45, 2.75) is 38.3 Å². The molecule has 4 heterocycles. The van der Waals surface area contributed by atoms with E-state index in [2.05, 4.69) is 19.6 Å². The van der Waals surface area contributed by atoms with Crippen LogP contribution in [0.15, 0.2) is 12.1 Å². The Kier molecular flexibility index (Phi) is 3.64. The number of thiophene rings is 1. The molecule has 1 aliphatic heterocycles. The maximum absolute atomic E-state index is 13.3. The highest BCUT2D eigenvalue weighted by molar-refractivity contribution is 7.12. The fraction of sp³-hybridized carbons (Fsp3) is 0.438. The van der Waals surface area contributed by atoms with E-state index in [0.717, 1.165) is 40.8 Å². The van der Waals surface area contributed by atoms with Gasteiger partial charge in [-0.3, -0.25) is 4.79 Å². The molecule has 0 bridgehead atoms. The molecule has 10 heteroatoms. The average Bonchev–Trinajstić information content (AvgIpc) is 3.04. The highest BCUT2D eigenvalue weighted by Gasteiger charge is 2.34. The van der Waals surface area contributed by atoms with Gasteiger partial charge in [0.15, 0.2) is 21.8 Å². The predicted octanol–water partition coefficient (Wildman–Crippen LogP) is 3.09. The summed E-state index contributed by atoms with van der Waals surface area (Å²) in [5, 5.41) is 9.03. The Morgan fingerprint density at radius 3 is 2.85 bits per heavy atom. The zero-order valence-corrected chi connectivity index (χ0v) is 15.6. The van der Waals surface area contributed by atoms with Gasteiger partial charge in [0.1, 0.15) is 5.82 Å². The highest BCUT2D eigenvalue weighted by Crippen LogP contribution is 2.40. The number of halogens is 1. The van der Waals surface area contributed by atoms with E-state index in [9.17, 15) is 9.18 Å². The number of aromatic nitrogens is 5. The molecule has 3 aromatic heterocycles. The van der Waals surface area contributed by atoms with Crippen LogP contribution in [-0.4, -0.2) is 41.5 Å². The summed E-state index contributed by atoms with van der Waals surface area (Å²) in [6, 6.07) is 2.61. The number of fused-ring (bicyclic) bond motifs is 1. The first-order valence-corrected chi connectivity index (χ1v) is 10.0. The van der Waals surface area contributed by atoms with Crippen molar-refractivity contribution in [3.05, 3.63) is 33.8 Å². The zero-order chi connectivity index (χ0) is 17.8. The van der Waals surface area contributed by atoms with Crippen molar-refractivity contribution in [1.29, 1.82) is 0 Å². The van der Waals surface area contributed by atoms with E-state index in [1.165, 1.54) is 23.7 Å². The van der Waals surface area contributed by atoms with Crippen molar-refractivity contribution in [3.63, 3.8) is 0 Å². The standard InChI is InChI=1S/C16H15FN6OS2/c1-8-13-19-20-14(15-18-12(21-26-15)9-2-3-9)23(13)7-6-22(8)16(24)10-4-5-11(17)25-10/h4-5,8-9H,2-3,6-7H2,1H3/t8-/m1/s1. The van der Waals surface area contributed by atoms with Crippen molar-refractivity contribution in [2.75, 3.05) is 6.54 Å². The molecule has 0 unspecified atom stereocenters. The number of carbonyl (C=O) groups excluding carboxylic acids is 1. The molecular formula is C16H15FN6OS2. The molecule has 1 fully saturated rings. The Labute approximate surface area is 156 Å². The minimum Gasteiger partial charge on any atom is -0.326 e. The molecule has 1 saturated carbocycles. The van der Waals surface area contributed by atoms with E-state index in [0.29, 0.717) is 29.7 Å². The summed E-state index contributed by atoms with van der Waals surface area (Å²) in [5.74, 6) is 2.67. The lowest BCUT2D eigenvalue weighted by atomic mass is 10.2. The molecule has 2 aliphatic rings. The fourth-order valence-electron chi connectivity index (χ4n) is 3.22. The molecule has 0 spiro atoms. The monoisotopic (exact) mass is 390 g/mol. The van der Waals surface area contributed by atoms with Gasteiger partial charge in [-0.1, -0.05) is 0 Å². The predicted molar refractivity (Wildman–Crippen MR) is 94.6 cm³/mol. The summed E-state index contributed by atoms with van der Waals surface area (Å²) in [5.41, 5.74) is 0. The van der Waals surface area contributed by atoms with E-state index in [4.69, 9.17) is 0 Å². The van der Waals surface area contributed by atoms with Crippen LogP contribution in [0.5, 0.6) is 0 Å². The third kappa shape index (κ3) is 2.55. The Bertz CT molecular complexity index is 991. The van der Waals surface area contributed by atoms with E-state index >= 15 is 0 Å². The van der Waals surface area contributed by atoms with Crippen molar-refractivity contribution < 1.29 is 9.18 Å². The second kappa shape index (κ2) is 5.92. The third-order valence-corrected chi connectivity index (χ3v) is 6.39. The van der Waals surface area contributed by atoms with Crippen LogP contribution in [0.2, 0.25) is 0 Å². The number of hydrogen-bond donors (Lipinski definition) is 0. The molecule has 3 aromatic rings. The van der Waals surface area contributed by atoms with Crippen molar-refractivity contribution in [1.82, 2.24) is 29.0 Å². The van der Waals surface area contributed by atoms with Gasteiger partial charge in [0.2, 0.25) is 0 Å². The summed E-state index contributed by atoms with van der Waals surface area (Å²) in [6.45, 7) is 3.02. The lowest BCUT2D eigenvalue weighted by Crippen LogP contribution is -2.41. The third-order valence-electron chi connectivity index (χ3n) is 4.81. The molecule has 1 atom stereocenters. The minimum absolute atomic E-state index is 0.172. The lowest BCUT2D eigenvalue weighted by Gasteiger charge is -2.33. The Morgan fingerprint density at radius 2 is 2.12 bits per heavy atom. The molecule has 0 N–H and O–H groups in total. The first-order chi connectivity index (χ1) is 12.6. The maximum atomic E-state index is 13.3. The van der Waals surface area contributed by atoms with Gasteiger partial charge in [-0.05, 0) is 43.4 Å². The maximum Gasteiger partial charge on any atom is 0.264 e. The van der Waals surface area contributed by atoms with E-state index in [1.807, 2.05) is 11.5 Å². The molecular weight excluding hydrogens is 375 g/mol. The molecule has 134 valence electrons. The molecule has 7 nitrogen and oxygen atoms in total. The van der Waals surface area contributed by atoms with Gasteiger partial charge in [-0.2, -0.15) is 8.76 Å². The van der Waals surface area contributed by atoms with Gasteiger partial charge in [0.25, 0.3) is 5.91 Å². The largest absolute Gasteiger partial charge is 0.326 e. The number of rotatable bonds is 3. The molecule has 1 aliphatic carbocycles. The van der Waals surface area contributed by atoms with E-state index in [-0.39, 0.29) is 17.1 Å². The molecule has 26 heavy (non-hydrogen) atoms. The van der Waals surface area contributed by atoms with Gasteiger partial charge >= 0.3 is 0 Å². The molecule has 0 saturated heterocycles. The van der Waals surface area contributed by atoms with Gasteiger partial charge in [0, 0.05) is 19.0 Å². The van der Waals surface area contributed by atoms with Gasteiger partial charge in [-0.25, -0.2) is 4.98 Å². The minimum atomic E-state index is -0.355. The van der Waals surface area contributed by atoms with Crippen LogP contribution in [0.4, 0.5) is 4.39 Å². The summed E-state index contributed by atoms with van der Waals surface area (Å²) in [4.78, 5) is 19.4. The first kappa shape index (κ1) is 16.0. The van der Waals surface area contributed by atoms with Crippen LogP contribution in [-0.2, 0) is 6.54 Å². The Hall–Kier alpha value is -2.20. The summed E-state index contributed by atoms with van der Waals surface area (Å²) in [7, 11) is 0. The SMILES string of the molecule is C[C@@H]1c2nnc(-c3nc(C4CC4)ns3)n2CCN1C(=O)c1ccc(F)s1. The topological polar surface area (TPSA) is 76.8 Å². The van der Waals surface area contributed by atoms with Crippen LogP contribution >= 0.6 is 22.9 Å². The van der Waals surface area contributed by atoms with E-state index < -0.39 is 0 Å². The summed E-state index contributed by atoms with van der Waals surface area (Å²) in [6.07, 6.45) is 2.32. The smallest absolute Gasteiger partial charge is 0.264 e.